The van der Waals surface area contributed by atoms with Crippen LogP contribution in [0.3, 0.4) is 0 Å². The molecular formula is C11H11NO4. The third kappa shape index (κ3) is 2.13. The van der Waals surface area contributed by atoms with E-state index in [4.69, 9.17) is 9.84 Å². The molecule has 1 amide bonds. The zero-order chi connectivity index (χ0) is 11.5. The van der Waals surface area contributed by atoms with E-state index in [2.05, 4.69) is 5.32 Å². The van der Waals surface area contributed by atoms with Crippen LogP contribution in [0.4, 0.5) is 5.69 Å². The van der Waals surface area contributed by atoms with Crippen LogP contribution in [0.5, 0.6) is 5.75 Å². The van der Waals surface area contributed by atoms with E-state index < -0.39 is 11.9 Å². The van der Waals surface area contributed by atoms with E-state index in [-0.39, 0.29) is 18.9 Å². The Bertz CT molecular complexity index is 430. The minimum Gasteiger partial charge on any atom is -0.491 e. The molecule has 0 radical (unpaired) electrons. The SMILES string of the molecule is O=C(O)CC1COc2ccccc2NC1=O. The first-order valence-corrected chi connectivity index (χ1v) is 4.91. The van der Waals surface area contributed by atoms with Crippen LogP contribution in [-0.2, 0) is 9.59 Å². The molecule has 16 heavy (non-hydrogen) atoms. The highest BCUT2D eigenvalue weighted by molar-refractivity contribution is 5.96. The molecule has 0 aromatic heterocycles. The summed E-state index contributed by atoms with van der Waals surface area (Å²) in [5.41, 5.74) is 0.584. The van der Waals surface area contributed by atoms with Gasteiger partial charge in [-0.3, -0.25) is 9.59 Å². The standard InChI is InChI=1S/C11H11NO4/c13-10(14)5-7-6-16-9-4-2-1-3-8(9)12-11(7)15/h1-4,7H,5-6H2,(H,12,15)(H,13,14). The molecular weight excluding hydrogens is 210 g/mol. The highest BCUT2D eigenvalue weighted by Gasteiger charge is 2.26. The van der Waals surface area contributed by atoms with Gasteiger partial charge in [0.25, 0.3) is 0 Å². The fourth-order valence-corrected chi connectivity index (χ4v) is 1.56. The zero-order valence-corrected chi connectivity index (χ0v) is 8.47. The first-order valence-electron chi connectivity index (χ1n) is 4.91. The molecule has 1 unspecified atom stereocenters. The monoisotopic (exact) mass is 221 g/mol. The molecule has 1 aliphatic heterocycles. The van der Waals surface area contributed by atoms with Crippen LogP contribution in [0.1, 0.15) is 6.42 Å². The fourth-order valence-electron chi connectivity index (χ4n) is 1.56. The minimum atomic E-state index is -1.00. The number of para-hydroxylation sites is 2. The van der Waals surface area contributed by atoms with Gasteiger partial charge in [-0.25, -0.2) is 0 Å². The fraction of sp³-hybridized carbons (Fsp3) is 0.273. The topological polar surface area (TPSA) is 75.6 Å². The number of fused-ring (bicyclic) bond motifs is 1. The number of carbonyl (C=O) groups excluding carboxylic acids is 1. The van der Waals surface area contributed by atoms with E-state index in [0.29, 0.717) is 11.4 Å². The molecule has 0 saturated heterocycles. The highest BCUT2D eigenvalue weighted by Crippen LogP contribution is 2.28. The zero-order valence-electron chi connectivity index (χ0n) is 8.47. The van der Waals surface area contributed by atoms with Crippen molar-refractivity contribution in [3.63, 3.8) is 0 Å². The van der Waals surface area contributed by atoms with Crippen molar-refractivity contribution in [3.8, 4) is 5.75 Å². The number of carbonyl (C=O) groups is 2. The van der Waals surface area contributed by atoms with Crippen molar-refractivity contribution in [2.45, 2.75) is 6.42 Å². The molecule has 1 aromatic carbocycles. The molecule has 0 bridgehead atoms. The van der Waals surface area contributed by atoms with Crippen LogP contribution in [0, 0.1) is 5.92 Å². The molecule has 5 heteroatoms. The molecule has 0 aliphatic carbocycles. The molecule has 5 nitrogen and oxygen atoms in total. The van der Waals surface area contributed by atoms with Crippen LogP contribution in [0.25, 0.3) is 0 Å². The number of hydrogen-bond acceptors (Lipinski definition) is 3. The number of carboxylic acid groups (broad SMARTS) is 1. The van der Waals surface area contributed by atoms with Crippen molar-refractivity contribution in [1.29, 1.82) is 0 Å². The van der Waals surface area contributed by atoms with E-state index in [9.17, 15) is 9.59 Å². The second kappa shape index (κ2) is 4.22. The Morgan fingerprint density at radius 2 is 2.25 bits per heavy atom. The Labute approximate surface area is 92.0 Å². The molecule has 1 aromatic rings. The van der Waals surface area contributed by atoms with Gasteiger partial charge in [0, 0.05) is 0 Å². The van der Waals surface area contributed by atoms with E-state index in [0.717, 1.165) is 0 Å². The number of nitrogens with one attached hydrogen (secondary N) is 1. The lowest BCUT2D eigenvalue weighted by atomic mass is 10.1. The molecule has 0 spiro atoms. The van der Waals surface area contributed by atoms with Crippen LogP contribution in [0.15, 0.2) is 24.3 Å². The molecule has 1 aliphatic rings. The van der Waals surface area contributed by atoms with Crippen LogP contribution in [-0.4, -0.2) is 23.6 Å². The van der Waals surface area contributed by atoms with E-state index in [1.54, 1.807) is 24.3 Å². The normalized spacial score (nSPS) is 19.0. The van der Waals surface area contributed by atoms with Crippen molar-refractivity contribution < 1.29 is 19.4 Å². The molecule has 1 atom stereocenters. The summed E-state index contributed by atoms with van der Waals surface area (Å²) >= 11 is 0. The minimum absolute atomic E-state index is 0.0924. The summed E-state index contributed by atoms with van der Waals surface area (Å²) in [6.45, 7) is 0.0924. The molecule has 0 fully saturated rings. The van der Waals surface area contributed by atoms with Gasteiger partial charge < -0.3 is 15.2 Å². The van der Waals surface area contributed by atoms with Gasteiger partial charge in [-0.1, -0.05) is 12.1 Å². The number of benzene rings is 1. The smallest absolute Gasteiger partial charge is 0.304 e. The van der Waals surface area contributed by atoms with Crippen LogP contribution < -0.4 is 10.1 Å². The number of rotatable bonds is 2. The number of anilines is 1. The van der Waals surface area contributed by atoms with Crippen molar-refractivity contribution in [2.75, 3.05) is 11.9 Å². The average molecular weight is 221 g/mol. The third-order valence-electron chi connectivity index (χ3n) is 2.38. The second-order valence-corrected chi connectivity index (χ2v) is 3.59. The number of amides is 1. The first-order chi connectivity index (χ1) is 7.66. The second-order valence-electron chi connectivity index (χ2n) is 3.59. The summed E-state index contributed by atoms with van der Waals surface area (Å²) in [5, 5.41) is 11.3. The van der Waals surface area contributed by atoms with Gasteiger partial charge >= 0.3 is 5.97 Å². The van der Waals surface area contributed by atoms with Gasteiger partial charge in [-0.05, 0) is 12.1 Å². The molecule has 2 N–H and O–H groups in total. The highest BCUT2D eigenvalue weighted by atomic mass is 16.5. The van der Waals surface area contributed by atoms with Crippen LogP contribution >= 0.6 is 0 Å². The van der Waals surface area contributed by atoms with Crippen molar-refractivity contribution in [2.24, 2.45) is 5.92 Å². The Kier molecular flexibility index (Phi) is 2.76. The van der Waals surface area contributed by atoms with Crippen molar-refractivity contribution in [1.82, 2.24) is 0 Å². The van der Waals surface area contributed by atoms with Gasteiger partial charge in [0.1, 0.15) is 12.4 Å². The van der Waals surface area contributed by atoms with Gasteiger partial charge in [-0.15, -0.1) is 0 Å². The quantitative estimate of drug-likeness (QED) is 0.784. The van der Waals surface area contributed by atoms with Crippen molar-refractivity contribution in [3.05, 3.63) is 24.3 Å². The summed E-state index contributed by atoms with van der Waals surface area (Å²) in [6.07, 6.45) is -0.222. The molecule has 1 heterocycles. The number of carboxylic acids is 1. The Morgan fingerprint density at radius 1 is 1.50 bits per heavy atom. The summed E-state index contributed by atoms with van der Waals surface area (Å²) in [5.74, 6) is -1.39. The van der Waals surface area contributed by atoms with E-state index in [1.807, 2.05) is 0 Å². The van der Waals surface area contributed by atoms with Gasteiger partial charge in [0.2, 0.25) is 5.91 Å². The summed E-state index contributed by atoms with van der Waals surface area (Å²) in [6, 6.07) is 7.03. The predicted octanol–water partition coefficient (Wildman–Crippen LogP) is 1.11. The Balaban J connectivity index is 2.18. The maximum Gasteiger partial charge on any atom is 0.304 e. The van der Waals surface area contributed by atoms with Gasteiger partial charge in [0.05, 0.1) is 18.0 Å². The Hall–Kier alpha value is -2.04. The maximum absolute atomic E-state index is 11.7. The van der Waals surface area contributed by atoms with Gasteiger partial charge in [-0.2, -0.15) is 0 Å². The third-order valence-corrected chi connectivity index (χ3v) is 2.38. The molecule has 84 valence electrons. The molecule has 2 rings (SSSR count). The maximum atomic E-state index is 11.7. The Morgan fingerprint density at radius 3 is 3.00 bits per heavy atom. The predicted molar refractivity (Wildman–Crippen MR) is 56.3 cm³/mol. The molecule has 0 saturated carbocycles. The lowest BCUT2D eigenvalue weighted by molar-refractivity contribution is -0.140. The number of hydrogen-bond donors (Lipinski definition) is 2. The lowest BCUT2D eigenvalue weighted by Crippen LogP contribution is -2.27. The largest absolute Gasteiger partial charge is 0.491 e. The van der Waals surface area contributed by atoms with Crippen molar-refractivity contribution >= 4 is 17.6 Å². The van der Waals surface area contributed by atoms with E-state index >= 15 is 0 Å². The van der Waals surface area contributed by atoms with E-state index in [1.165, 1.54) is 0 Å². The number of aliphatic carboxylic acids is 1. The average Bonchev–Trinajstić information content (AvgIpc) is 2.39. The summed E-state index contributed by atoms with van der Waals surface area (Å²) in [4.78, 5) is 22.2. The number of ether oxygens (including phenoxy) is 1. The summed E-state index contributed by atoms with van der Waals surface area (Å²) < 4.78 is 5.39. The summed E-state index contributed by atoms with van der Waals surface area (Å²) in [7, 11) is 0. The van der Waals surface area contributed by atoms with Gasteiger partial charge in [0.15, 0.2) is 0 Å². The van der Waals surface area contributed by atoms with Crippen LogP contribution in [0.2, 0.25) is 0 Å². The first kappa shape index (κ1) is 10.5. The lowest BCUT2D eigenvalue weighted by Gasteiger charge is -2.09.